The Balaban J connectivity index is 2.64. The van der Waals surface area contributed by atoms with Crippen LogP contribution in [0.1, 0.15) is 38.6 Å². The smallest absolute Gasteiger partial charge is 0.0596 e. The average molecular weight is 223 g/mol. The van der Waals surface area contributed by atoms with Crippen molar-refractivity contribution in [1.29, 1.82) is 0 Å². The summed E-state index contributed by atoms with van der Waals surface area (Å²) in [5, 5.41) is 8.01. The van der Waals surface area contributed by atoms with Gasteiger partial charge in [0.1, 0.15) is 0 Å². The fourth-order valence-corrected chi connectivity index (χ4v) is 1.95. The third-order valence-electron chi connectivity index (χ3n) is 2.99. The van der Waals surface area contributed by atoms with E-state index in [0.717, 1.165) is 18.7 Å². The minimum absolute atomic E-state index is 0.551. The Labute approximate surface area is 99.2 Å². The van der Waals surface area contributed by atoms with E-state index in [9.17, 15) is 0 Å². The maximum atomic E-state index is 4.39. The van der Waals surface area contributed by atoms with E-state index in [1.807, 2.05) is 18.7 Å². The summed E-state index contributed by atoms with van der Waals surface area (Å²) < 4.78 is 2.00. The van der Waals surface area contributed by atoms with Gasteiger partial charge in [0.05, 0.1) is 5.69 Å². The van der Waals surface area contributed by atoms with E-state index >= 15 is 0 Å². The van der Waals surface area contributed by atoms with Crippen LogP contribution in [0.25, 0.3) is 0 Å². The molecule has 1 aromatic heterocycles. The summed E-state index contributed by atoms with van der Waals surface area (Å²) in [6.07, 6.45) is 2.25. The van der Waals surface area contributed by atoms with Gasteiger partial charge in [0.15, 0.2) is 0 Å². The molecule has 1 atom stereocenters. The van der Waals surface area contributed by atoms with Crippen LogP contribution in [-0.2, 0) is 13.5 Å². The summed E-state index contributed by atoms with van der Waals surface area (Å²) in [6.45, 7) is 9.90. The Morgan fingerprint density at radius 3 is 2.56 bits per heavy atom. The summed E-state index contributed by atoms with van der Waals surface area (Å²) >= 11 is 0. The van der Waals surface area contributed by atoms with Crippen LogP contribution in [0.3, 0.4) is 0 Å². The molecule has 0 radical (unpaired) electrons. The Morgan fingerprint density at radius 1 is 1.44 bits per heavy atom. The standard InChI is InChI=1S/C13H25N3/c1-6-7-14-13(10(2)3)9-12-8-11(4)15-16(12)5/h8,10,13-14H,6-7,9H2,1-5H3. The van der Waals surface area contributed by atoms with Crippen molar-refractivity contribution in [3.05, 3.63) is 17.5 Å². The van der Waals surface area contributed by atoms with Gasteiger partial charge in [0, 0.05) is 25.2 Å². The van der Waals surface area contributed by atoms with Crippen molar-refractivity contribution in [2.75, 3.05) is 6.54 Å². The molecule has 0 saturated heterocycles. The summed E-state index contributed by atoms with van der Waals surface area (Å²) in [4.78, 5) is 0. The SMILES string of the molecule is CCCNC(Cc1cc(C)nn1C)C(C)C. The largest absolute Gasteiger partial charge is 0.313 e. The lowest BCUT2D eigenvalue weighted by atomic mass is 9.99. The van der Waals surface area contributed by atoms with Crippen LogP contribution in [0.15, 0.2) is 6.07 Å². The zero-order valence-electron chi connectivity index (χ0n) is 11.2. The van der Waals surface area contributed by atoms with Crippen molar-refractivity contribution in [2.24, 2.45) is 13.0 Å². The molecule has 1 unspecified atom stereocenters. The maximum absolute atomic E-state index is 4.39. The van der Waals surface area contributed by atoms with Gasteiger partial charge in [0.25, 0.3) is 0 Å². The molecule has 1 N–H and O–H groups in total. The molecule has 0 spiro atoms. The molecule has 0 aliphatic heterocycles. The molecule has 0 fully saturated rings. The molecule has 1 heterocycles. The van der Waals surface area contributed by atoms with E-state index in [4.69, 9.17) is 0 Å². The van der Waals surface area contributed by atoms with E-state index in [2.05, 4.69) is 37.3 Å². The fraction of sp³-hybridized carbons (Fsp3) is 0.769. The lowest BCUT2D eigenvalue weighted by molar-refractivity contribution is 0.390. The molecule has 1 rings (SSSR count). The maximum Gasteiger partial charge on any atom is 0.0596 e. The van der Waals surface area contributed by atoms with Gasteiger partial charge in [-0.05, 0) is 31.9 Å². The summed E-state index contributed by atoms with van der Waals surface area (Å²) in [6, 6.07) is 2.73. The molecule has 1 aromatic rings. The van der Waals surface area contributed by atoms with Crippen LogP contribution in [-0.4, -0.2) is 22.4 Å². The van der Waals surface area contributed by atoms with E-state index in [1.165, 1.54) is 12.1 Å². The van der Waals surface area contributed by atoms with Gasteiger partial charge in [-0.2, -0.15) is 5.10 Å². The number of hydrogen-bond acceptors (Lipinski definition) is 2. The summed E-state index contributed by atoms with van der Waals surface area (Å²) in [5.41, 5.74) is 2.43. The van der Waals surface area contributed by atoms with E-state index in [1.54, 1.807) is 0 Å². The van der Waals surface area contributed by atoms with Crippen molar-refractivity contribution in [3.63, 3.8) is 0 Å². The van der Waals surface area contributed by atoms with Gasteiger partial charge in [-0.25, -0.2) is 0 Å². The second-order valence-electron chi connectivity index (χ2n) is 4.91. The predicted molar refractivity (Wildman–Crippen MR) is 68.6 cm³/mol. The molecule has 0 saturated carbocycles. The van der Waals surface area contributed by atoms with Gasteiger partial charge < -0.3 is 5.32 Å². The zero-order chi connectivity index (χ0) is 12.1. The number of rotatable bonds is 6. The predicted octanol–water partition coefficient (Wildman–Crippen LogP) is 2.30. The first-order valence-corrected chi connectivity index (χ1v) is 6.27. The Morgan fingerprint density at radius 2 is 2.12 bits per heavy atom. The Bertz CT molecular complexity index is 315. The molecule has 0 aliphatic carbocycles. The van der Waals surface area contributed by atoms with Crippen molar-refractivity contribution in [1.82, 2.24) is 15.1 Å². The molecular weight excluding hydrogens is 198 g/mol. The first-order valence-electron chi connectivity index (χ1n) is 6.27. The number of nitrogens with one attached hydrogen (secondary N) is 1. The van der Waals surface area contributed by atoms with Gasteiger partial charge in [0.2, 0.25) is 0 Å². The highest BCUT2D eigenvalue weighted by atomic mass is 15.3. The Hall–Kier alpha value is -0.830. The fourth-order valence-electron chi connectivity index (χ4n) is 1.95. The molecule has 92 valence electrons. The molecule has 0 amide bonds. The molecule has 0 bridgehead atoms. The van der Waals surface area contributed by atoms with Crippen molar-refractivity contribution >= 4 is 0 Å². The van der Waals surface area contributed by atoms with Crippen LogP contribution < -0.4 is 5.32 Å². The highest BCUT2D eigenvalue weighted by molar-refractivity contribution is 5.10. The number of nitrogens with zero attached hydrogens (tertiary/aromatic N) is 2. The first kappa shape index (κ1) is 13.2. The second kappa shape index (κ2) is 6.04. The van der Waals surface area contributed by atoms with Gasteiger partial charge in [-0.3, -0.25) is 4.68 Å². The van der Waals surface area contributed by atoms with Crippen LogP contribution in [0.4, 0.5) is 0 Å². The second-order valence-corrected chi connectivity index (χ2v) is 4.91. The highest BCUT2D eigenvalue weighted by Gasteiger charge is 2.15. The quantitative estimate of drug-likeness (QED) is 0.802. The van der Waals surface area contributed by atoms with Crippen LogP contribution in [0.5, 0.6) is 0 Å². The lowest BCUT2D eigenvalue weighted by Gasteiger charge is -2.22. The van der Waals surface area contributed by atoms with Gasteiger partial charge in [-0.15, -0.1) is 0 Å². The third kappa shape index (κ3) is 3.63. The average Bonchev–Trinajstić information content (AvgIpc) is 2.51. The first-order chi connectivity index (χ1) is 7.54. The minimum atomic E-state index is 0.551. The molecule has 0 aromatic carbocycles. The molecule has 16 heavy (non-hydrogen) atoms. The third-order valence-corrected chi connectivity index (χ3v) is 2.99. The van der Waals surface area contributed by atoms with E-state index in [0.29, 0.717) is 12.0 Å². The Kier molecular flexibility index (Phi) is 5.00. The monoisotopic (exact) mass is 223 g/mol. The highest BCUT2D eigenvalue weighted by Crippen LogP contribution is 2.11. The molecule has 3 heteroatoms. The van der Waals surface area contributed by atoms with Gasteiger partial charge in [-0.1, -0.05) is 20.8 Å². The van der Waals surface area contributed by atoms with Crippen molar-refractivity contribution < 1.29 is 0 Å². The van der Waals surface area contributed by atoms with Crippen LogP contribution in [0.2, 0.25) is 0 Å². The van der Waals surface area contributed by atoms with Crippen molar-refractivity contribution in [2.45, 2.75) is 46.6 Å². The van der Waals surface area contributed by atoms with Crippen LogP contribution >= 0.6 is 0 Å². The minimum Gasteiger partial charge on any atom is -0.313 e. The number of hydrogen-bond donors (Lipinski definition) is 1. The van der Waals surface area contributed by atoms with E-state index in [-0.39, 0.29) is 0 Å². The van der Waals surface area contributed by atoms with E-state index < -0.39 is 0 Å². The normalized spacial score (nSPS) is 13.4. The number of aryl methyl sites for hydroxylation is 2. The van der Waals surface area contributed by atoms with Crippen molar-refractivity contribution in [3.8, 4) is 0 Å². The van der Waals surface area contributed by atoms with Crippen LogP contribution in [0, 0.1) is 12.8 Å². The zero-order valence-corrected chi connectivity index (χ0v) is 11.2. The summed E-state index contributed by atoms with van der Waals surface area (Å²) in [5.74, 6) is 0.654. The number of aromatic nitrogens is 2. The lowest BCUT2D eigenvalue weighted by Crippen LogP contribution is -2.36. The summed E-state index contributed by atoms with van der Waals surface area (Å²) in [7, 11) is 2.03. The molecule has 3 nitrogen and oxygen atoms in total. The topological polar surface area (TPSA) is 29.9 Å². The molecule has 0 aliphatic rings. The van der Waals surface area contributed by atoms with Gasteiger partial charge >= 0.3 is 0 Å². The molecular formula is C13H25N3.